The molecule has 1 amide bonds. The van der Waals surface area contributed by atoms with Gasteiger partial charge in [0.25, 0.3) is 0 Å². The number of rotatable bonds is 8. The van der Waals surface area contributed by atoms with Crippen molar-refractivity contribution >= 4 is 28.4 Å². The maximum Gasteiger partial charge on any atom is 0.224 e. The summed E-state index contributed by atoms with van der Waals surface area (Å²) in [7, 11) is 0. The molecule has 114 valence electrons. The van der Waals surface area contributed by atoms with Crippen molar-refractivity contribution in [2.45, 2.75) is 12.8 Å². The Bertz CT molecular complexity index is 598. The Balaban J connectivity index is 1.80. The van der Waals surface area contributed by atoms with Gasteiger partial charge in [0.15, 0.2) is 0 Å². The fraction of sp³-hybridized carbons (Fsp3) is 0.400. The van der Waals surface area contributed by atoms with Crippen LogP contribution in [0.25, 0.3) is 10.9 Å². The van der Waals surface area contributed by atoms with Crippen molar-refractivity contribution in [2.24, 2.45) is 0 Å². The second-order valence-electron chi connectivity index (χ2n) is 4.72. The second-order valence-corrected chi connectivity index (χ2v) is 5.16. The monoisotopic (exact) mass is 310 g/mol. The van der Waals surface area contributed by atoms with Crippen molar-refractivity contribution in [2.75, 3.05) is 26.4 Å². The highest BCUT2D eigenvalue weighted by molar-refractivity contribution is 6.31. The van der Waals surface area contributed by atoms with Crippen molar-refractivity contribution in [3.05, 3.63) is 35.0 Å². The Hall–Kier alpha value is -1.56. The standard InChI is InChI=1S/C15H19ClN2O3/c16-12-2-3-14-13(9-12)11(10-18-14)8-15(20)17-4-1-6-21-7-5-19/h2-3,9-10,18-19H,1,4-8H2,(H,17,20). The molecule has 21 heavy (non-hydrogen) atoms. The van der Waals surface area contributed by atoms with Gasteiger partial charge in [0.1, 0.15) is 0 Å². The number of carbonyl (C=O) groups excluding carboxylic acids is 1. The third-order valence-corrected chi connectivity index (χ3v) is 3.34. The minimum Gasteiger partial charge on any atom is -0.394 e. The Morgan fingerprint density at radius 2 is 2.24 bits per heavy atom. The molecule has 0 atom stereocenters. The van der Waals surface area contributed by atoms with Gasteiger partial charge in [-0.1, -0.05) is 11.6 Å². The van der Waals surface area contributed by atoms with Crippen molar-refractivity contribution in [3.8, 4) is 0 Å². The summed E-state index contributed by atoms with van der Waals surface area (Å²) in [4.78, 5) is 15.0. The van der Waals surface area contributed by atoms with Crippen molar-refractivity contribution in [1.82, 2.24) is 10.3 Å². The number of benzene rings is 1. The summed E-state index contributed by atoms with van der Waals surface area (Å²) >= 11 is 5.98. The van der Waals surface area contributed by atoms with Gasteiger partial charge >= 0.3 is 0 Å². The Morgan fingerprint density at radius 1 is 1.38 bits per heavy atom. The van der Waals surface area contributed by atoms with E-state index in [0.717, 1.165) is 22.9 Å². The Labute approximate surface area is 128 Å². The maximum atomic E-state index is 11.9. The molecule has 3 N–H and O–H groups in total. The first-order valence-corrected chi connectivity index (χ1v) is 7.29. The lowest BCUT2D eigenvalue weighted by molar-refractivity contribution is -0.120. The average molecular weight is 311 g/mol. The van der Waals surface area contributed by atoms with E-state index in [0.29, 0.717) is 31.2 Å². The molecule has 0 aliphatic carbocycles. The normalized spacial score (nSPS) is 11.0. The van der Waals surface area contributed by atoms with E-state index in [1.165, 1.54) is 0 Å². The molecule has 0 spiro atoms. The molecule has 2 rings (SSSR count). The smallest absolute Gasteiger partial charge is 0.224 e. The number of aromatic amines is 1. The topological polar surface area (TPSA) is 74.4 Å². The molecule has 2 aromatic rings. The number of halogens is 1. The summed E-state index contributed by atoms with van der Waals surface area (Å²) in [5, 5.41) is 13.0. The molecule has 0 saturated heterocycles. The van der Waals surface area contributed by atoms with Gasteiger partial charge in [-0.2, -0.15) is 0 Å². The average Bonchev–Trinajstić information content (AvgIpc) is 2.85. The van der Waals surface area contributed by atoms with Crippen LogP contribution < -0.4 is 5.32 Å². The predicted octanol–water partition coefficient (Wildman–Crippen LogP) is 1.88. The van der Waals surface area contributed by atoms with Gasteiger partial charge in [0.05, 0.1) is 19.6 Å². The van der Waals surface area contributed by atoms with E-state index in [4.69, 9.17) is 21.4 Å². The fourth-order valence-electron chi connectivity index (χ4n) is 2.10. The van der Waals surface area contributed by atoms with Crippen LogP contribution in [0.15, 0.2) is 24.4 Å². The van der Waals surface area contributed by atoms with Gasteiger partial charge in [-0.25, -0.2) is 0 Å². The highest BCUT2D eigenvalue weighted by atomic mass is 35.5. The molecule has 0 saturated carbocycles. The molecule has 1 aromatic heterocycles. The highest BCUT2D eigenvalue weighted by Crippen LogP contribution is 2.22. The SMILES string of the molecule is O=C(Cc1c[nH]c2ccc(Cl)cc12)NCCCOCCO. The lowest BCUT2D eigenvalue weighted by atomic mass is 10.1. The lowest BCUT2D eigenvalue weighted by Crippen LogP contribution is -2.26. The fourth-order valence-corrected chi connectivity index (χ4v) is 2.27. The first-order chi connectivity index (χ1) is 10.2. The summed E-state index contributed by atoms with van der Waals surface area (Å²) in [6, 6.07) is 5.58. The molecule has 0 aliphatic rings. The van der Waals surface area contributed by atoms with Crippen LogP contribution in [0.2, 0.25) is 5.02 Å². The van der Waals surface area contributed by atoms with Crippen molar-refractivity contribution in [3.63, 3.8) is 0 Å². The lowest BCUT2D eigenvalue weighted by Gasteiger charge is -2.05. The molecule has 5 nitrogen and oxygen atoms in total. The number of amides is 1. The number of hydrogen-bond acceptors (Lipinski definition) is 3. The minimum absolute atomic E-state index is 0.0233. The summed E-state index contributed by atoms with van der Waals surface area (Å²) in [5.74, 6) is -0.0296. The molecule has 0 fully saturated rings. The molecule has 0 radical (unpaired) electrons. The molecule has 1 aromatic carbocycles. The van der Waals surface area contributed by atoms with Crippen LogP contribution in [-0.2, 0) is 16.0 Å². The zero-order valence-corrected chi connectivity index (χ0v) is 12.4. The van der Waals surface area contributed by atoms with E-state index < -0.39 is 0 Å². The van der Waals surface area contributed by atoms with Crippen molar-refractivity contribution < 1.29 is 14.6 Å². The van der Waals surface area contributed by atoms with E-state index >= 15 is 0 Å². The van der Waals surface area contributed by atoms with Crippen LogP contribution in [0, 0.1) is 0 Å². The van der Waals surface area contributed by atoms with Crippen LogP contribution in [0.5, 0.6) is 0 Å². The molecule has 1 heterocycles. The number of hydrogen-bond donors (Lipinski definition) is 3. The van der Waals surface area contributed by atoms with Crippen LogP contribution in [0.4, 0.5) is 0 Å². The van der Waals surface area contributed by atoms with E-state index in [1.54, 1.807) is 0 Å². The third kappa shape index (κ3) is 4.74. The van der Waals surface area contributed by atoms with Gasteiger partial charge in [-0.05, 0) is 30.2 Å². The van der Waals surface area contributed by atoms with Crippen LogP contribution in [0.1, 0.15) is 12.0 Å². The van der Waals surface area contributed by atoms with Crippen LogP contribution in [0.3, 0.4) is 0 Å². The summed E-state index contributed by atoms with van der Waals surface area (Å²) in [6.45, 7) is 1.45. The van der Waals surface area contributed by atoms with E-state index in [2.05, 4.69) is 10.3 Å². The molecule has 0 unspecified atom stereocenters. The summed E-state index contributed by atoms with van der Waals surface area (Å²) in [6.07, 6.45) is 2.88. The number of aliphatic hydroxyl groups excluding tert-OH is 1. The Morgan fingerprint density at radius 3 is 3.05 bits per heavy atom. The second kappa shape index (κ2) is 8.02. The maximum absolute atomic E-state index is 11.9. The third-order valence-electron chi connectivity index (χ3n) is 3.10. The number of carbonyl (C=O) groups is 1. The number of nitrogens with one attached hydrogen (secondary N) is 2. The quantitative estimate of drug-likeness (QED) is 0.652. The number of aliphatic hydroxyl groups is 1. The molecular formula is C15H19ClN2O3. The highest BCUT2D eigenvalue weighted by Gasteiger charge is 2.08. The van der Waals surface area contributed by atoms with E-state index in [-0.39, 0.29) is 12.5 Å². The number of aromatic nitrogens is 1. The van der Waals surface area contributed by atoms with Crippen LogP contribution in [-0.4, -0.2) is 42.4 Å². The number of H-pyrrole nitrogens is 1. The van der Waals surface area contributed by atoms with Gasteiger partial charge in [0.2, 0.25) is 5.91 Å². The molecule has 0 bridgehead atoms. The number of fused-ring (bicyclic) bond motifs is 1. The van der Waals surface area contributed by atoms with E-state index in [1.807, 2.05) is 24.4 Å². The summed E-state index contributed by atoms with van der Waals surface area (Å²) < 4.78 is 5.12. The van der Waals surface area contributed by atoms with E-state index in [9.17, 15) is 4.79 Å². The molecular weight excluding hydrogens is 292 g/mol. The van der Waals surface area contributed by atoms with Gasteiger partial charge in [0, 0.05) is 35.3 Å². The molecule has 6 heteroatoms. The first kappa shape index (κ1) is 15.8. The zero-order valence-electron chi connectivity index (χ0n) is 11.7. The van der Waals surface area contributed by atoms with Crippen molar-refractivity contribution in [1.29, 1.82) is 0 Å². The minimum atomic E-state index is -0.0296. The van der Waals surface area contributed by atoms with Gasteiger partial charge in [-0.15, -0.1) is 0 Å². The number of ether oxygens (including phenoxy) is 1. The first-order valence-electron chi connectivity index (χ1n) is 6.91. The summed E-state index contributed by atoms with van der Waals surface area (Å²) in [5.41, 5.74) is 1.90. The van der Waals surface area contributed by atoms with Gasteiger partial charge < -0.3 is 20.1 Å². The van der Waals surface area contributed by atoms with Gasteiger partial charge in [-0.3, -0.25) is 4.79 Å². The Kier molecular flexibility index (Phi) is 6.04. The molecule has 0 aliphatic heterocycles. The largest absolute Gasteiger partial charge is 0.394 e. The predicted molar refractivity (Wildman–Crippen MR) is 82.5 cm³/mol. The van der Waals surface area contributed by atoms with Crippen LogP contribution >= 0.6 is 11.6 Å². The zero-order chi connectivity index (χ0) is 15.1.